The summed E-state index contributed by atoms with van der Waals surface area (Å²) in [7, 11) is 3.84. The number of aliphatic carboxylic acids is 1. The van der Waals surface area contributed by atoms with Crippen LogP contribution >= 0.6 is 0 Å². The summed E-state index contributed by atoms with van der Waals surface area (Å²) in [5, 5.41) is 11.5. The van der Waals surface area contributed by atoms with Crippen molar-refractivity contribution in [2.24, 2.45) is 0 Å². The second kappa shape index (κ2) is 5.09. The minimum atomic E-state index is -0.905. The number of nitrogens with zero attached hydrogens (tertiary/aromatic N) is 2. The van der Waals surface area contributed by atoms with Gasteiger partial charge in [-0.3, -0.25) is 14.9 Å². The molecule has 86 valence electrons. The van der Waals surface area contributed by atoms with Gasteiger partial charge in [0.15, 0.2) is 0 Å². The average Bonchev–Trinajstić information content (AvgIpc) is 2.16. The van der Waals surface area contributed by atoms with Gasteiger partial charge >= 0.3 is 5.97 Å². The van der Waals surface area contributed by atoms with Gasteiger partial charge in [-0.2, -0.15) is 0 Å². The maximum atomic E-state index is 11.4. The van der Waals surface area contributed by atoms with Crippen molar-refractivity contribution >= 4 is 11.9 Å². The van der Waals surface area contributed by atoms with E-state index in [-0.39, 0.29) is 19.0 Å². The topological polar surface area (TPSA) is 72.9 Å². The molecule has 1 heterocycles. The number of carbonyl (C=O) groups is 2. The van der Waals surface area contributed by atoms with Gasteiger partial charge in [0.05, 0.1) is 6.54 Å². The van der Waals surface area contributed by atoms with Crippen molar-refractivity contribution in [3.63, 3.8) is 0 Å². The van der Waals surface area contributed by atoms with E-state index in [1.54, 1.807) is 4.90 Å². The lowest BCUT2D eigenvalue weighted by atomic mass is 10.2. The number of carbonyl (C=O) groups excluding carboxylic acids is 1. The molecule has 1 aliphatic rings. The Morgan fingerprint density at radius 1 is 1.67 bits per heavy atom. The lowest BCUT2D eigenvalue weighted by Gasteiger charge is -2.32. The van der Waals surface area contributed by atoms with Crippen LogP contribution in [0.1, 0.15) is 0 Å². The van der Waals surface area contributed by atoms with E-state index in [2.05, 4.69) is 5.32 Å². The number of piperazine rings is 1. The number of nitrogens with one attached hydrogen (secondary N) is 1. The Balaban J connectivity index is 2.46. The smallest absolute Gasteiger partial charge is 0.322 e. The van der Waals surface area contributed by atoms with Gasteiger partial charge in [0, 0.05) is 19.6 Å². The van der Waals surface area contributed by atoms with Crippen molar-refractivity contribution in [3.8, 4) is 0 Å². The highest BCUT2D eigenvalue weighted by molar-refractivity contribution is 5.83. The Kier molecular flexibility index (Phi) is 4.05. The molecular weight excluding hydrogens is 198 g/mol. The summed E-state index contributed by atoms with van der Waals surface area (Å²) >= 11 is 0. The lowest BCUT2D eigenvalue weighted by Crippen LogP contribution is -2.57. The molecule has 1 unspecified atom stereocenters. The molecule has 0 aliphatic carbocycles. The molecule has 0 aromatic rings. The molecule has 0 aromatic heterocycles. The third kappa shape index (κ3) is 3.49. The van der Waals surface area contributed by atoms with Crippen LogP contribution in [0.5, 0.6) is 0 Å². The number of rotatable bonds is 4. The molecule has 0 spiro atoms. The number of hydrogen-bond acceptors (Lipinski definition) is 4. The molecule has 0 aromatic carbocycles. The molecule has 1 amide bonds. The molecule has 6 heteroatoms. The number of carboxylic acid groups (broad SMARTS) is 1. The molecule has 6 nitrogen and oxygen atoms in total. The van der Waals surface area contributed by atoms with Gasteiger partial charge in [-0.15, -0.1) is 0 Å². The van der Waals surface area contributed by atoms with Gasteiger partial charge in [-0.05, 0) is 14.1 Å². The summed E-state index contributed by atoms with van der Waals surface area (Å²) in [5.74, 6) is -0.938. The van der Waals surface area contributed by atoms with E-state index >= 15 is 0 Å². The quantitative estimate of drug-likeness (QED) is 0.593. The van der Waals surface area contributed by atoms with Crippen molar-refractivity contribution < 1.29 is 14.7 Å². The van der Waals surface area contributed by atoms with E-state index < -0.39 is 12.0 Å². The lowest BCUT2D eigenvalue weighted by molar-refractivity contribution is -0.144. The van der Waals surface area contributed by atoms with E-state index in [0.29, 0.717) is 6.54 Å². The molecule has 15 heavy (non-hydrogen) atoms. The SMILES string of the molecule is CN(C)CCN1CC(C(=O)O)NCC1=O. The van der Waals surface area contributed by atoms with E-state index in [1.165, 1.54) is 0 Å². The monoisotopic (exact) mass is 215 g/mol. The summed E-state index contributed by atoms with van der Waals surface area (Å²) < 4.78 is 0. The zero-order valence-corrected chi connectivity index (χ0v) is 9.06. The highest BCUT2D eigenvalue weighted by Crippen LogP contribution is 2.00. The third-order valence-electron chi connectivity index (χ3n) is 2.37. The van der Waals surface area contributed by atoms with E-state index in [9.17, 15) is 9.59 Å². The predicted octanol–water partition coefficient (Wildman–Crippen LogP) is -1.57. The van der Waals surface area contributed by atoms with Crippen LogP contribution < -0.4 is 5.32 Å². The second-order valence-corrected chi connectivity index (χ2v) is 3.91. The molecule has 2 N–H and O–H groups in total. The Hall–Kier alpha value is -1.14. The maximum Gasteiger partial charge on any atom is 0.322 e. The fraction of sp³-hybridized carbons (Fsp3) is 0.778. The van der Waals surface area contributed by atoms with Crippen molar-refractivity contribution in [1.82, 2.24) is 15.1 Å². The summed E-state index contributed by atoms with van der Waals surface area (Å²) in [6.45, 7) is 1.70. The molecule has 0 saturated carbocycles. The van der Waals surface area contributed by atoms with Gasteiger partial charge in [0.1, 0.15) is 6.04 Å². The van der Waals surface area contributed by atoms with Crippen LogP contribution in [-0.2, 0) is 9.59 Å². The Bertz CT molecular complexity index is 255. The van der Waals surface area contributed by atoms with Gasteiger partial charge in [0.25, 0.3) is 0 Å². The van der Waals surface area contributed by atoms with Crippen molar-refractivity contribution in [2.45, 2.75) is 6.04 Å². The normalized spacial score (nSPS) is 22.2. The summed E-state index contributed by atoms with van der Waals surface area (Å²) in [6, 6.07) is -0.634. The minimum absolute atomic E-state index is 0.0330. The van der Waals surface area contributed by atoms with Crippen molar-refractivity contribution in [3.05, 3.63) is 0 Å². The predicted molar refractivity (Wildman–Crippen MR) is 54.6 cm³/mol. The van der Waals surface area contributed by atoms with Crippen LogP contribution in [0, 0.1) is 0 Å². The second-order valence-electron chi connectivity index (χ2n) is 3.91. The standard InChI is InChI=1S/C9H17N3O3/c1-11(2)3-4-12-6-7(9(14)15)10-5-8(12)13/h7,10H,3-6H2,1-2H3,(H,14,15). The molecule has 1 rings (SSSR count). The van der Waals surface area contributed by atoms with Crippen LogP contribution in [0.4, 0.5) is 0 Å². The number of hydrogen-bond donors (Lipinski definition) is 2. The summed E-state index contributed by atoms with van der Waals surface area (Å²) in [6.07, 6.45) is 0. The van der Waals surface area contributed by atoms with Gasteiger partial charge < -0.3 is 14.9 Å². The summed E-state index contributed by atoms with van der Waals surface area (Å²) in [5.41, 5.74) is 0. The minimum Gasteiger partial charge on any atom is -0.480 e. The fourth-order valence-corrected chi connectivity index (χ4v) is 1.41. The van der Waals surface area contributed by atoms with Crippen LogP contribution in [0.3, 0.4) is 0 Å². The largest absolute Gasteiger partial charge is 0.480 e. The van der Waals surface area contributed by atoms with Crippen molar-refractivity contribution in [2.75, 3.05) is 40.3 Å². The number of amides is 1. The first-order valence-corrected chi connectivity index (χ1v) is 4.89. The first kappa shape index (κ1) is 11.9. The zero-order chi connectivity index (χ0) is 11.4. The average molecular weight is 215 g/mol. The first-order chi connectivity index (χ1) is 7.00. The molecule has 1 fully saturated rings. The Morgan fingerprint density at radius 2 is 2.33 bits per heavy atom. The van der Waals surface area contributed by atoms with E-state index in [0.717, 1.165) is 6.54 Å². The van der Waals surface area contributed by atoms with E-state index in [1.807, 2.05) is 19.0 Å². The molecular formula is C9H17N3O3. The van der Waals surface area contributed by atoms with Crippen LogP contribution in [0.25, 0.3) is 0 Å². The first-order valence-electron chi connectivity index (χ1n) is 4.89. The Labute approximate surface area is 88.8 Å². The third-order valence-corrected chi connectivity index (χ3v) is 2.37. The Morgan fingerprint density at radius 3 is 2.87 bits per heavy atom. The number of likely N-dealkylation sites (N-methyl/N-ethyl adjacent to an activating group) is 1. The van der Waals surface area contributed by atoms with Gasteiger partial charge in [-0.1, -0.05) is 0 Å². The number of carboxylic acids is 1. The highest BCUT2D eigenvalue weighted by Gasteiger charge is 2.28. The van der Waals surface area contributed by atoms with Gasteiger partial charge in [-0.25, -0.2) is 0 Å². The molecule has 0 bridgehead atoms. The van der Waals surface area contributed by atoms with Crippen LogP contribution in [0.2, 0.25) is 0 Å². The maximum absolute atomic E-state index is 11.4. The molecule has 0 radical (unpaired) electrons. The zero-order valence-electron chi connectivity index (χ0n) is 9.06. The van der Waals surface area contributed by atoms with Gasteiger partial charge in [0.2, 0.25) is 5.91 Å². The van der Waals surface area contributed by atoms with Crippen molar-refractivity contribution in [1.29, 1.82) is 0 Å². The molecule has 1 atom stereocenters. The van der Waals surface area contributed by atoms with Crippen LogP contribution in [0.15, 0.2) is 0 Å². The fourth-order valence-electron chi connectivity index (χ4n) is 1.41. The van der Waals surface area contributed by atoms with E-state index in [4.69, 9.17) is 5.11 Å². The molecule has 1 saturated heterocycles. The molecule has 1 aliphatic heterocycles. The summed E-state index contributed by atoms with van der Waals surface area (Å²) in [4.78, 5) is 25.7. The highest BCUT2D eigenvalue weighted by atomic mass is 16.4. The van der Waals surface area contributed by atoms with Crippen LogP contribution in [-0.4, -0.2) is 73.1 Å².